The number of ether oxygens (including phenoxy) is 1. The van der Waals surface area contributed by atoms with Gasteiger partial charge in [0.1, 0.15) is 5.60 Å². The number of nitrogens with one attached hydrogen (secondary N) is 1. The molecule has 2 aromatic carbocycles. The predicted molar refractivity (Wildman–Crippen MR) is 153 cm³/mol. The lowest BCUT2D eigenvalue weighted by atomic mass is 9.95. The molecule has 0 radical (unpaired) electrons. The maximum absolute atomic E-state index is 13.1. The van der Waals surface area contributed by atoms with Crippen molar-refractivity contribution in [3.05, 3.63) is 64.2 Å². The van der Waals surface area contributed by atoms with Gasteiger partial charge in [-0.25, -0.2) is 13.1 Å². The van der Waals surface area contributed by atoms with Crippen molar-refractivity contribution in [2.45, 2.75) is 60.6 Å². The summed E-state index contributed by atoms with van der Waals surface area (Å²) in [5.74, 6) is 0.00178. The number of amides is 1. The fourth-order valence-corrected chi connectivity index (χ4v) is 6.69. The van der Waals surface area contributed by atoms with Gasteiger partial charge in [-0.3, -0.25) is 14.9 Å². The van der Waals surface area contributed by atoms with Gasteiger partial charge in [0.2, 0.25) is 6.54 Å². The summed E-state index contributed by atoms with van der Waals surface area (Å²) in [6.07, 6.45) is 2.79. The average molecular weight is 579 g/mol. The number of hydrogen-bond donors (Lipinski definition) is 1. The molecule has 2 atom stereocenters. The van der Waals surface area contributed by atoms with Crippen LogP contribution < -0.4 is 9.62 Å². The number of nitrogens with zero attached hydrogens (tertiary/aromatic N) is 3. The third kappa shape index (κ3) is 8.66. The van der Waals surface area contributed by atoms with E-state index in [0.717, 1.165) is 36.5 Å². The minimum Gasteiger partial charge on any atom is -0.370 e. The van der Waals surface area contributed by atoms with Crippen molar-refractivity contribution >= 4 is 33.4 Å². The van der Waals surface area contributed by atoms with Gasteiger partial charge in [-0.1, -0.05) is 18.2 Å². The molecule has 1 heterocycles. The maximum Gasteiger partial charge on any atom is 0.265 e. The Bertz CT molecular complexity index is 1230. The Morgan fingerprint density at radius 3 is 2.51 bits per heavy atom. The van der Waals surface area contributed by atoms with E-state index in [1.54, 1.807) is 24.8 Å². The van der Waals surface area contributed by atoms with Crippen LogP contribution in [0.3, 0.4) is 0 Å². The predicted octanol–water partition coefficient (Wildman–Crippen LogP) is 3.78. The molecular formula is C27H38N4O6S2. The van der Waals surface area contributed by atoms with E-state index < -0.39 is 33.0 Å². The summed E-state index contributed by atoms with van der Waals surface area (Å²) >= 11 is 1.70. The average Bonchev–Trinajstić information content (AvgIpc) is 2.88. The molecule has 2 aromatic rings. The maximum atomic E-state index is 13.1. The Balaban J connectivity index is 1.87. The van der Waals surface area contributed by atoms with Gasteiger partial charge in [0, 0.05) is 46.5 Å². The SMILES string of the molecule is CN(C)CC[C@H](CSc1ccccc1)N(C)c1ccc(S(=O)(=O)NC(=O)C2(C)CCCCO2)cc1C[N+](=O)[O-]. The zero-order valence-corrected chi connectivity index (χ0v) is 24.6. The van der Waals surface area contributed by atoms with Crippen LogP contribution in [0, 0.1) is 10.1 Å². The zero-order chi connectivity index (χ0) is 28.6. The highest BCUT2D eigenvalue weighted by Gasteiger charge is 2.38. The molecule has 1 unspecified atom stereocenters. The minimum absolute atomic E-state index is 0.0219. The second-order valence-corrected chi connectivity index (χ2v) is 13.0. The third-order valence-corrected chi connectivity index (χ3v) is 9.35. The number of nitro groups is 1. The summed E-state index contributed by atoms with van der Waals surface area (Å²) < 4.78 is 34.0. The zero-order valence-electron chi connectivity index (χ0n) is 23.0. The Morgan fingerprint density at radius 1 is 1.18 bits per heavy atom. The molecule has 214 valence electrons. The standard InChI is InChI=1S/C27H38N4O6S2/c1-27(15-8-9-17-37-27)26(32)28-39(35,36)24-12-13-25(21(18-24)19-31(33)34)30(4)22(14-16-29(2)3)20-38-23-10-6-5-7-11-23/h5-7,10-13,18,22H,8-9,14-17,19-20H2,1-4H3,(H,28,32)/t22-,27?/m1/s1. The first-order valence-electron chi connectivity index (χ1n) is 12.9. The van der Waals surface area contributed by atoms with Crippen molar-refractivity contribution in [1.82, 2.24) is 9.62 Å². The number of rotatable bonds is 13. The quantitative estimate of drug-likeness (QED) is 0.215. The Kier molecular flexibility index (Phi) is 10.8. The van der Waals surface area contributed by atoms with Crippen LogP contribution in [0.15, 0.2) is 58.3 Å². The van der Waals surface area contributed by atoms with Crippen LogP contribution >= 0.6 is 11.8 Å². The molecule has 12 heteroatoms. The summed E-state index contributed by atoms with van der Waals surface area (Å²) in [6, 6.07) is 14.3. The molecule has 10 nitrogen and oxygen atoms in total. The summed E-state index contributed by atoms with van der Waals surface area (Å²) in [4.78, 5) is 28.9. The molecule has 0 aromatic heterocycles. The Labute approximate surface area is 235 Å². The number of benzene rings is 2. The monoisotopic (exact) mass is 578 g/mol. The lowest BCUT2D eigenvalue weighted by Crippen LogP contribution is -2.50. The number of anilines is 1. The van der Waals surface area contributed by atoms with E-state index in [-0.39, 0.29) is 16.5 Å². The highest BCUT2D eigenvalue weighted by atomic mass is 32.2. The highest BCUT2D eigenvalue weighted by molar-refractivity contribution is 7.99. The molecule has 0 saturated carbocycles. The molecule has 39 heavy (non-hydrogen) atoms. The van der Waals surface area contributed by atoms with Gasteiger partial charge in [-0.15, -0.1) is 11.8 Å². The first kappa shape index (κ1) is 30.9. The first-order valence-corrected chi connectivity index (χ1v) is 15.4. The van der Waals surface area contributed by atoms with Crippen molar-refractivity contribution in [2.75, 3.05) is 44.9 Å². The van der Waals surface area contributed by atoms with Gasteiger partial charge in [0.15, 0.2) is 0 Å². The van der Waals surface area contributed by atoms with Crippen LogP contribution in [0.2, 0.25) is 0 Å². The fraction of sp³-hybridized carbons (Fsp3) is 0.519. The van der Waals surface area contributed by atoms with E-state index in [1.807, 2.05) is 56.4 Å². The molecule has 0 spiro atoms. The van der Waals surface area contributed by atoms with E-state index >= 15 is 0 Å². The van der Waals surface area contributed by atoms with E-state index in [4.69, 9.17) is 4.74 Å². The summed E-state index contributed by atoms with van der Waals surface area (Å²) in [6.45, 7) is 2.22. The van der Waals surface area contributed by atoms with Crippen molar-refractivity contribution in [2.24, 2.45) is 0 Å². The lowest BCUT2D eigenvalue weighted by Gasteiger charge is -2.32. The molecule has 3 rings (SSSR count). The number of thioether (sulfide) groups is 1. The second-order valence-electron chi connectivity index (χ2n) is 10.2. The van der Waals surface area contributed by atoms with Gasteiger partial charge in [0.05, 0.1) is 4.90 Å². The lowest BCUT2D eigenvalue weighted by molar-refractivity contribution is -0.496. The second kappa shape index (κ2) is 13.6. The van der Waals surface area contributed by atoms with E-state index in [1.165, 1.54) is 12.1 Å². The summed E-state index contributed by atoms with van der Waals surface area (Å²) in [5, 5.41) is 11.6. The molecule has 0 aliphatic carbocycles. The van der Waals surface area contributed by atoms with Crippen molar-refractivity contribution < 1.29 is 22.9 Å². The molecular weight excluding hydrogens is 540 g/mol. The highest BCUT2D eigenvalue weighted by Crippen LogP contribution is 2.30. The fourth-order valence-electron chi connectivity index (χ4n) is 4.44. The molecule has 1 fully saturated rings. The smallest absolute Gasteiger partial charge is 0.265 e. The topological polar surface area (TPSA) is 122 Å². The van der Waals surface area contributed by atoms with Gasteiger partial charge >= 0.3 is 0 Å². The number of hydrogen-bond acceptors (Lipinski definition) is 9. The van der Waals surface area contributed by atoms with Crippen molar-refractivity contribution in [1.29, 1.82) is 0 Å². The molecule has 1 aliphatic rings. The van der Waals surface area contributed by atoms with E-state index in [0.29, 0.717) is 18.7 Å². The summed E-state index contributed by atoms with van der Waals surface area (Å²) in [7, 11) is 1.59. The number of carbonyl (C=O) groups is 1. The molecule has 1 amide bonds. The number of carbonyl (C=O) groups excluding carboxylic acids is 1. The molecule has 1 saturated heterocycles. The molecule has 1 N–H and O–H groups in total. The largest absolute Gasteiger partial charge is 0.370 e. The normalized spacial score (nSPS) is 18.5. The first-order chi connectivity index (χ1) is 18.4. The van der Waals surface area contributed by atoms with Crippen LogP contribution in [0.4, 0.5) is 5.69 Å². The van der Waals surface area contributed by atoms with Gasteiger partial charge < -0.3 is 14.5 Å². The van der Waals surface area contributed by atoms with Crippen LogP contribution in [-0.4, -0.2) is 75.8 Å². The van der Waals surface area contributed by atoms with Gasteiger partial charge in [-0.05, 0) is 83.6 Å². The Hall–Kier alpha value is -2.67. The van der Waals surface area contributed by atoms with Crippen LogP contribution in [0.5, 0.6) is 0 Å². The van der Waals surface area contributed by atoms with Crippen LogP contribution in [0.1, 0.15) is 38.2 Å². The third-order valence-electron chi connectivity index (χ3n) is 6.86. The molecule has 0 bridgehead atoms. The van der Waals surface area contributed by atoms with Crippen molar-refractivity contribution in [3.8, 4) is 0 Å². The van der Waals surface area contributed by atoms with Gasteiger partial charge in [0.25, 0.3) is 15.9 Å². The van der Waals surface area contributed by atoms with E-state index in [2.05, 4.69) is 9.62 Å². The van der Waals surface area contributed by atoms with Crippen LogP contribution in [0.25, 0.3) is 0 Å². The van der Waals surface area contributed by atoms with Crippen LogP contribution in [-0.2, 0) is 26.1 Å². The van der Waals surface area contributed by atoms with E-state index in [9.17, 15) is 23.3 Å². The Morgan fingerprint density at radius 2 is 1.90 bits per heavy atom. The molecule has 1 aliphatic heterocycles. The number of sulfonamides is 1. The van der Waals surface area contributed by atoms with Crippen molar-refractivity contribution in [3.63, 3.8) is 0 Å². The summed E-state index contributed by atoms with van der Waals surface area (Å²) in [5.41, 5.74) is -0.389. The van der Waals surface area contributed by atoms with Gasteiger partial charge in [-0.2, -0.15) is 0 Å². The minimum atomic E-state index is -4.27.